The summed E-state index contributed by atoms with van der Waals surface area (Å²) < 4.78 is 26.1. The molecule has 2 aromatic rings. The first-order valence-electron chi connectivity index (χ1n) is 7.66. The molecule has 1 amide bonds. The number of aryl methyl sites for hydroxylation is 2. The van der Waals surface area contributed by atoms with Crippen LogP contribution in [0.3, 0.4) is 0 Å². The number of benzene rings is 2. The molecule has 1 atom stereocenters. The molecule has 2 rings (SSSR count). The van der Waals surface area contributed by atoms with Gasteiger partial charge in [-0.15, -0.1) is 0 Å². The van der Waals surface area contributed by atoms with Crippen molar-refractivity contribution >= 4 is 15.9 Å². The second kappa shape index (κ2) is 7.15. The molecule has 0 aliphatic rings. The van der Waals surface area contributed by atoms with Crippen LogP contribution in [-0.4, -0.2) is 21.4 Å². The molecule has 0 saturated heterocycles. The summed E-state index contributed by atoms with van der Waals surface area (Å²) in [4.78, 5) is 12.6. The van der Waals surface area contributed by atoms with Crippen LogP contribution in [0, 0.1) is 13.8 Å². The molecule has 0 aliphatic heterocycles. The average Bonchev–Trinajstić information content (AvgIpc) is 2.55. The van der Waals surface area contributed by atoms with Crippen LogP contribution < -0.4 is 10.0 Å². The molecule has 6 heteroatoms. The Morgan fingerprint density at radius 1 is 1.04 bits per heavy atom. The topological polar surface area (TPSA) is 75.3 Å². The summed E-state index contributed by atoms with van der Waals surface area (Å²) in [5, 5.41) is 2.92. The number of carbonyl (C=O) groups is 1. The maximum absolute atomic E-state index is 12.6. The van der Waals surface area contributed by atoms with Gasteiger partial charge in [-0.1, -0.05) is 35.9 Å². The van der Waals surface area contributed by atoms with Gasteiger partial charge in [-0.3, -0.25) is 4.79 Å². The predicted molar refractivity (Wildman–Crippen MR) is 94.5 cm³/mol. The normalized spacial score (nSPS) is 12.7. The van der Waals surface area contributed by atoms with Gasteiger partial charge in [0.2, 0.25) is 10.0 Å². The van der Waals surface area contributed by atoms with E-state index in [0.717, 1.165) is 16.7 Å². The minimum Gasteiger partial charge on any atom is -0.346 e. The van der Waals surface area contributed by atoms with E-state index in [-0.39, 0.29) is 16.8 Å². The third-order valence-corrected chi connectivity index (χ3v) is 5.37. The van der Waals surface area contributed by atoms with E-state index in [1.54, 1.807) is 13.0 Å². The lowest BCUT2D eigenvalue weighted by Crippen LogP contribution is -2.28. The monoisotopic (exact) mass is 346 g/mol. The Labute approximate surface area is 143 Å². The zero-order chi connectivity index (χ0) is 17.9. The highest BCUT2D eigenvalue weighted by Crippen LogP contribution is 2.18. The van der Waals surface area contributed by atoms with Crippen LogP contribution in [0.25, 0.3) is 0 Å². The van der Waals surface area contributed by atoms with Crippen molar-refractivity contribution in [1.82, 2.24) is 10.0 Å². The van der Waals surface area contributed by atoms with Crippen LogP contribution in [0.1, 0.15) is 40.0 Å². The van der Waals surface area contributed by atoms with Gasteiger partial charge in [0.15, 0.2) is 0 Å². The minimum absolute atomic E-state index is 0.0729. The fourth-order valence-electron chi connectivity index (χ4n) is 2.34. The molecule has 0 aromatic heterocycles. The molecule has 5 nitrogen and oxygen atoms in total. The molecule has 24 heavy (non-hydrogen) atoms. The summed E-state index contributed by atoms with van der Waals surface area (Å²) in [6, 6.07) is 12.3. The van der Waals surface area contributed by atoms with Gasteiger partial charge in [0, 0.05) is 5.56 Å². The maximum Gasteiger partial charge on any atom is 0.252 e. The molecular weight excluding hydrogens is 324 g/mol. The Morgan fingerprint density at radius 3 is 2.25 bits per heavy atom. The summed E-state index contributed by atoms with van der Waals surface area (Å²) in [5.41, 5.74) is 3.22. The van der Waals surface area contributed by atoms with Gasteiger partial charge in [0.1, 0.15) is 0 Å². The highest BCUT2D eigenvalue weighted by Gasteiger charge is 2.18. The molecule has 0 fully saturated rings. The number of hydrogen-bond donors (Lipinski definition) is 2. The van der Waals surface area contributed by atoms with E-state index in [0.29, 0.717) is 5.56 Å². The van der Waals surface area contributed by atoms with Crippen molar-refractivity contribution in [1.29, 1.82) is 0 Å². The highest BCUT2D eigenvalue weighted by molar-refractivity contribution is 7.89. The lowest BCUT2D eigenvalue weighted by molar-refractivity contribution is 0.0939. The van der Waals surface area contributed by atoms with Crippen molar-refractivity contribution in [3.05, 3.63) is 64.7 Å². The molecule has 0 heterocycles. The van der Waals surface area contributed by atoms with E-state index in [4.69, 9.17) is 0 Å². The van der Waals surface area contributed by atoms with Gasteiger partial charge in [0.25, 0.3) is 5.91 Å². The maximum atomic E-state index is 12.6. The first-order chi connectivity index (χ1) is 11.2. The quantitative estimate of drug-likeness (QED) is 0.874. The van der Waals surface area contributed by atoms with Gasteiger partial charge < -0.3 is 5.32 Å². The van der Waals surface area contributed by atoms with Gasteiger partial charge in [0.05, 0.1) is 10.9 Å². The minimum atomic E-state index is -3.59. The van der Waals surface area contributed by atoms with Crippen LogP contribution in [0.4, 0.5) is 0 Å². The van der Waals surface area contributed by atoms with Gasteiger partial charge in [-0.2, -0.15) is 0 Å². The van der Waals surface area contributed by atoms with Gasteiger partial charge >= 0.3 is 0 Å². The molecule has 128 valence electrons. The molecule has 0 bridgehead atoms. The first-order valence-corrected chi connectivity index (χ1v) is 9.14. The van der Waals surface area contributed by atoms with Crippen molar-refractivity contribution in [2.75, 3.05) is 7.05 Å². The Morgan fingerprint density at radius 2 is 1.67 bits per heavy atom. The lowest BCUT2D eigenvalue weighted by Gasteiger charge is -2.16. The summed E-state index contributed by atoms with van der Waals surface area (Å²) in [5.74, 6) is -0.297. The number of hydrogen-bond acceptors (Lipinski definition) is 3. The molecule has 2 N–H and O–H groups in total. The third kappa shape index (κ3) is 4.01. The zero-order valence-electron chi connectivity index (χ0n) is 14.3. The summed E-state index contributed by atoms with van der Waals surface area (Å²) in [7, 11) is -2.24. The molecule has 1 unspecified atom stereocenters. The predicted octanol–water partition coefficient (Wildman–Crippen LogP) is 2.70. The van der Waals surface area contributed by atoms with Crippen molar-refractivity contribution in [2.24, 2.45) is 0 Å². The van der Waals surface area contributed by atoms with Crippen LogP contribution in [0.2, 0.25) is 0 Å². The van der Waals surface area contributed by atoms with Gasteiger partial charge in [-0.05, 0) is 51.1 Å². The Hall–Kier alpha value is -2.18. The van der Waals surface area contributed by atoms with E-state index in [9.17, 15) is 13.2 Å². The second-order valence-corrected chi connectivity index (χ2v) is 7.68. The fourth-order valence-corrected chi connectivity index (χ4v) is 3.10. The second-order valence-electron chi connectivity index (χ2n) is 5.79. The summed E-state index contributed by atoms with van der Waals surface area (Å²) in [6.45, 7) is 5.68. The standard InChI is InChI=1S/C18H22N2O3S/c1-12-5-8-15(9-6-12)14(3)20-18(21)17-11-16(10-7-13(17)2)24(22,23)19-4/h5-11,14,19H,1-4H3,(H,20,21). The lowest BCUT2D eigenvalue weighted by atomic mass is 10.0. The largest absolute Gasteiger partial charge is 0.346 e. The number of sulfonamides is 1. The molecule has 2 aromatic carbocycles. The van der Waals surface area contributed by atoms with E-state index >= 15 is 0 Å². The number of nitrogens with one attached hydrogen (secondary N) is 2. The number of amides is 1. The molecule has 0 radical (unpaired) electrons. The number of rotatable bonds is 5. The molecule has 0 saturated carbocycles. The average molecular weight is 346 g/mol. The van der Waals surface area contributed by atoms with Crippen molar-refractivity contribution < 1.29 is 13.2 Å². The van der Waals surface area contributed by atoms with E-state index in [1.165, 1.54) is 19.2 Å². The van der Waals surface area contributed by atoms with Crippen molar-refractivity contribution in [3.8, 4) is 0 Å². The van der Waals surface area contributed by atoms with Crippen LogP contribution in [0.5, 0.6) is 0 Å². The van der Waals surface area contributed by atoms with Gasteiger partial charge in [-0.25, -0.2) is 13.1 Å². The Balaban J connectivity index is 2.26. The first kappa shape index (κ1) is 18.2. The third-order valence-electron chi connectivity index (χ3n) is 3.96. The van der Waals surface area contributed by atoms with E-state index in [1.807, 2.05) is 38.1 Å². The van der Waals surface area contributed by atoms with Crippen LogP contribution in [0.15, 0.2) is 47.4 Å². The SMILES string of the molecule is CNS(=O)(=O)c1ccc(C)c(C(=O)NC(C)c2ccc(C)cc2)c1. The number of carbonyl (C=O) groups excluding carboxylic acids is 1. The van der Waals surface area contributed by atoms with Crippen LogP contribution in [-0.2, 0) is 10.0 Å². The Bertz CT molecular complexity index is 843. The Kier molecular flexibility index (Phi) is 5.41. The zero-order valence-corrected chi connectivity index (χ0v) is 15.1. The molecule has 0 aliphatic carbocycles. The van der Waals surface area contributed by atoms with Crippen molar-refractivity contribution in [2.45, 2.75) is 31.7 Å². The summed E-state index contributed by atoms with van der Waals surface area (Å²) in [6.07, 6.45) is 0. The summed E-state index contributed by atoms with van der Waals surface area (Å²) >= 11 is 0. The smallest absolute Gasteiger partial charge is 0.252 e. The molecule has 0 spiro atoms. The van der Waals surface area contributed by atoms with E-state index < -0.39 is 10.0 Å². The van der Waals surface area contributed by atoms with E-state index in [2.05, 4.69) is 10.0 Å². The fraction of sp³-hybridized carbons (Fsp3) is 0.278. The highest BCUT2D eigenvalue weighted by atomic mass is 32.2. The van der Waals surface area contributed by atoms with Crippen molar-refractivity contribution in [3.63, 3.8) is 0 Å². The molecular formula is C18H22N2O3S. The van der Waals surface area contributed by atoms with Crippen LogP contribution >= 0.6 is 0 Å².